The lowest BCUT2D eigenvalue weighted by molar-refractivity contribution is -0.186. The second kappa shape index (κ2) is 8.02. The van der Waals surface area contributed by atoms with Crippen LogP contribution in [0.15, 0.2) is 18.2 Å². The number of benzene rings is 1. The highest BCUT2D eigenvalue weighted by atomic mass is 16.7. The number of esters is 3. The standard InChI is InChI=1S/C15H18O7/c1-5-19-14-8-12(6-7-13(14)20-9(2)16)15(21-10(3)17)22-11(4)18/h6-8,15H,5H2,1-4H3. The van der Waals surface area contributed by atoms with Gasteiger partial charge in [0.2, 0.25) is 0 Å². The third-order valence-corrected chi connectivity index (χ3v) is 2.34. The maximum absolute atomic E-state index is 11.1. The number of hydrogen-bond acceptors (Lipinski definition) is 7. The van der Waals surface area contributed by atoms with Gasteiger partial charge in [-0.1, -0.05) is 0 Å². The van der Waals surface area contributed by atoms with Crippen LogP contribution in [0, 0.1) is 0 Å². The Labute approximate surface area is 128 Å². The van der Waals surface area contributed by atoms with Crippen molar-refractivity contribution in [1.29, 1.82) is 0 Å². The highest BCUT2D eigenvalue weighted by Crippen LogP contribution is 2.32. The predicted octanol–water partition coefficient (Wildman–Crippen LogP) is 2.14. The summed E-state index contributed by atoms with van der Waals surface area (Å²) in [6, 6.07) is 4.47. The molecule has 0 atom stereocenters. The molecule has 0 N–H and O–H groups in total. The predicted molar refractivity (Wildman–Crippen MR) is 75.2 cm³/mol. The normalized spacial score (nSPS) is 10.0. The van der Waals surface area contributed by atoms with Crippen molar-refractivity contribution >= 4 is 17.9 Å². The Morgan fingerprint density at radius 2 is 1.55 bits per heavy atom. The van der Waals surface area contributed by atoms with E-state index in [1.807, 2.05) is 0 Å². The molecular formula is C15H18O7. The molecule has 0 aliphatic carbocycles. The second-order valence-electron chi connectivity index (χ2n) is 4.28. The van der Waals surface area contributed by atoms with Crippen molar-refractivity contribution in [2.45, 2.75) is 34.0 Å². The lowest BCUT2D eigenvalue weighted by Gasteiger charge is -2.18. The molecule has 120 valence electrons. The SMILES string of the molecule is CCOc1cc(C(OC(C)=O)OC(C)=O)ccc1OC(C)=O. The fourth-order valence-corrected chi connectivity index (χ4v) is 1.64. The highest BCUT2D eigenvalue weighted by Gasteiger charge is 2.20. The van der Waals surface area contributed by atoms with Gasteiger partial charge in [0.15, 0.2) is 11.5 Å². The Kier molecular flexibility index (Phi) is 6.37. The first-order valence-corrected chi connectivity index (χ1v) is 6.63. The van der Waals surface area contributed by atoms with Crippen LogP contribution in [0.25, 0.3) is 0 Å². The van der Waals surface area contributed by atoms with Crippen molar-refractivity contribution in [2.24, 2.45) is 0 Å². The Balaban J connectivity index is 3.14. The summed E-state index contributed by atoms with van der Waals surface area (Å²) in [5.41, 5.74) is 0.379. The summed E-state index contributed by atoms with van der Waals surface area (Å²) in [6.45, 7) is 5.77. The van der Waals surface area contributed by atoms with E-state index in [-0.39, 0.29) is 11.5 Å². The van der Waals surface area contributed by atoms with Crippen LogP contribution in [-0.2, 0) is 23.9 Å². The van der Waals surface area contributed by atoms with Gasteiger partial charge in [-0.25, -0.2) is 0 Å². The van der Waals surface area contributed by atoms with E-state index in [9.17, 15) is 14.4 Å². The van der Waals surface area contributed by atoms with Crippen molar-refractivity contribution in [1.82, 2.24) is 0 Å². The fraction of sp³-hybridized carbons (Fsp3) is 0.400. The number of ether oxygens (including phenoxy) is 4. The molecule has 1 aromatic carbocycles. The minimum absolute atomic E-state index is 0.225. The minimum Gasteiger partial charge on any atom is -0.490 e. The summed E-state index contributed by atoms with van der Waals surface area (Å²) in [7, 11) is 0. The molecule has 0 unspecified atom stereocenters. The van der Waals surface area contributed by atoms with Crippen LogP contribution in [0.1, 0.15) is 39.5 Å². The molecule has 0 bridgehead atoms. The van der Waals surface area contributed by atoms with Gasteiger partial charge in [-0.05, 0) is 25.1 Å². The van der Waals surface area contributed by atoms with Gasteiger partial charge in [0, 0.05) is 26.3 Å². The van der Waals surface area contributed by atoms with Crippen LogP contribution in [0.4, 0.5) is 0 Å². The molecule has 7 nitrogen and oxygen atoms in total. The molecule has 0 saturated heterocycles. The maximum Gasteiger partial charge on any atom is 0.308 e. The topological polar surface area (TPSA) is 88.1 Å². The Hall–Kier alpha value is -2.57. The molecule has 0 spiro atoms. The number of hydrogen-bond donors (Lipinski definition) is 0. The summed E-state index contributed by atoms with van der Waals surface area (Å²) in [5.74, 6) is -1.20. The number of rotatable bonds is 6. The molecule has 0 fully saturated rings. The zero-order chi connectivity index (χ0) is 16.7. The third kappa shape index (κ3) is 5.43. The van der Waals surface area contributed by atoms with Gasteiger partial charge in [-0.2, -0.15) is 0 Å². The molecule has 0 heterocycles. The van der Waals surface area contributed by atoms with Crippen LogP contribution >= 0.6 is 0 Å². The van der Waals surface area contributed by atoms with Gasteiger partial charge >= 0.3 is 17.9 Å². The van der Waals surface area contributed by atoms with Crippen LogP contribution in [0.2, 0.25) is 0 Å². The van der Waals surface area contributed by atoms with E-state index < -0.39 is 24.2 Å². The lowest BCUT2D eigenvalue weighted by Crippen LogP contribution is -2.15. The van der Waals surface area contributed by atoms with E-state index in [4.69, 9.17) is 18.9 Å². The second-order valence-corrected chi connectivity index (χ2v) is 4.28. The number of carbonyl (C=O) groups excluding carboxylic acids is 3. The summed E-state index contributed by atoms with van der Waals surface area (Å²) in [4.78, 5) is 33.3. The first-order valence-electron chi connectivity index (χ1n) is 6.63. The molecule has 0 radical (unpaired) electrons. The summed E-state index contributed by atoms with van der Waals surface area (Å²) in [5, 5.41) is 0. The average Bonchev–Trinajstić information content (AvgIpc) is 2.38. The smallest absolute Gasteiger partial charge is 0.308 e. The summed E-state index contributed by atoms with van der Waals surface area (Å²) >= 11 is 0. The van der Waals surface area contributed by atoms with Gasteiger partial charge in [0.05, 0.1) is 6.61 Å². The molecule has 0 aliphatic rings. The molecule has 1 rings (SSSR count). The Morgan fingerprint density at radius 1 is 0.955 bits per heavy atom. The molecule has 22 heavy (non-hydrogen) atoms. The third-order valence-electron chi connectivity index (χ3n) is 2.34. The van der Waals surface area contributed by atoms with Crippen LogP contribution in [0.5, 0.6) is 11.5 Å². The van der Waals surface area contributed by atoms with E-state index in [0.29, 0.717) is 12.2 Å². The first-order chi connectivity index (χ1) is 10.3. The van der Waals surface area contributed by atoms with Crippen molar-refractivity contribution in [3.8, 4) is 11.5 Å². The highest BCUT2D eigenvalue weighted by molar-refractivity contribution is 5.71. The largest absolute Gasteiger partial charge is 0.490 e. The molecular weight excluding hydrogens is 292 g/mol. The molecule has 0 aliphatic heterocycles. The van der Waals surface area contributed by atoms with E-state index >= 15 is 0 Å². The summed E-state index contributed by atoms with van der Waals surface area (Å²) < 4.78 is 20.3. The van der Waals surface area contributed by atoms with E-state index in [0.717, 1.165) is 0 Å². The van der Waals surface area contributed by atoms with E-state index in [1.165, 1.54) is 39.0 Å². The molecule has 0 saturated carbocycles. The Morgan fingerprint density at radius 3 is 2.00 bits per heavy atom. The summed E-state index contributed by atoms with van der Waals surface area (Å²) in [6.07, 6.45) is -1.19. The van der Waals surface area contributed by atoms with Crippen molar-refractivity contribution in [3.63, 3.8) is 0 Å². The van der Waals surface area contributed by atoms with Crippen LogP contribution in [0.3, 0.4) is 0 Å². The van der Waals surface area contributed by atoms with Crippen LogP contribution in [-0.4, -0.2) is 24.5 Å². The molecule has 0 amide bonds. The maximum atomic E-state index is 11.1. The van der Waals surface area contributed by atoms with Gasteiger partial charge < -0.3 is 18.9 Å². The van der Waals surface area contributed by atoms with Crippen molar-refractivity contribution in [3.05, 3.63) is 23.8 Å². The molecule has 7 heteroatoms. The zero-order valence-corrected chi connectivity index (χ0v) is 12.9. The van der Waals surface area contributed by atoms with Crippen molar-refractivity contribution in [2.75, 3.05) is 6.61 Å². The molecule has 1 aromatic rings. The van der Waals surface area contributed by atoms with Crippen molar-refractivity contribution < 1.29 is 33.3 Å². The van der Waals surface area contributed by atoms with Crippen LogP contribution < -0.4 is 9.47 Å². The average molecular weight is 310 g/mol. The first kappa shape index (κ1) is 17.5. The minimum atomic E-state index is -1.19. The van der Waals surface area contributed by atoms with Gasteiger partial charge in [0.1, 0.15) is 0 Å². The molecule has 0 aromatic heterocycles. The quantitative estimate of drug-likeness (QED) is 0.452. The number of carbonyl (C=O) groups is 3. The van der Waals surface area contributed by atoms with Gasteiger partial charge in [-0.3, -0.25) is 14.4 Å². The zero-order valence-electron chi connectivity index (χ0n) is 12.9. The Bertz CT molecular complexity index is 549. The fourth-order valence-electron chi connectivity index (χ4n) is 1.64. The van der Waals surface area contributed by atoms with Gasteiger partial charge in [-0.15, -0.1) is 0 Å². The van der Waals surface area contributed by atoms with E-state index in [2.05, 4.69) is 0 Å². The lowest BCUT2D eigenvalue weighted by atomic mass is 10.2. The van der Waals surface area contributed by atoms with E-state index in [1.54, 1.807) is 6.92 Å². The van der Waals surface area contributed by atoms with Gasteiger partial charge in [0.25, 0.3) is 6.29 Å². The monoisotopic (exact) mass is 310 g/mol.